The third-order valence-electron chi connectivity index (χ3n) is 4.82. The minimum Gasteiger partial charge on any atom is -0.384 e. The smallest absolute Gasteiger partial charge is 0.225 e. The normalized spacial score (nSPS) is 14.4. The molecule has 7 heteroatoms. The highest BCUT2D eigenvalue weighted by Crippen LogP contribution is 2.24. The summed E-state index contributed by atoms with van der Waals surface area (Å²) in [6.07, 6.45) is 3.70. The van der Waals surface area contributed by atoms with Gasteiger partial charge >= 0.3 is 0 Å². The number of benzene rings is 1. The molecule has 28 heavy (non-hydrogen) atoms. The predicted molar refractivity (Wildman–Crippen MR) is 113 cm³/mol. The van der Waals surface area contributed by atoms with Crippen molar-refractivity contribution in [3.05, 3.63) is 52.9 Å². The SMILES string of the molecule is Cc1cc(CCCNc2ccnc3cc(Cl)ccc23)nc(N2CCOCC2)n1. The van der Waals surface area contributed by atoms with Crippen molar-refractivity contribution < 1.29 is 4.74 Å². The van der Waals surface area contributed by atoms with Crippen LogP contribution in [0.2, 0.25) is 5.02 Å². The van der Waals surface area contributed by atoms with E-state index in [2.05, 4.69) is 26.3 Å². The van der Waals surface area contributed by atoms with E-state index in [4.69, 9.17) is 21.3 Å². The number of halogens is 1. The zero-order chi connectivity index (χ0) is 19.3. The van der Waals surface area contributed by atoms with E-state index < -0.39 is 0 Å². The molecule has 0 atom stereocenters. The van der Waals surface area contributed by atoms with Crippen molar-refractivity contribution in [3.8, 4) is 0 Å². The van der Waals surface area contributed by atoms with E-state index in [0.29, 0.717) is 5.02 Å². The van der Waals surface area contributed by atoms with E-state index in [-0.39, 0.29) is 0 Å². The topological polar surface area (TPSA) is 63.2 Å². The number of aryl methyl sites for hydroxylation is 2. The van der Waals surface area contributed by atoms with Crippen LogP contribution in [0.4, 0.5) is 11.6 Å². The molecule has 0 amide bonds. The van der Waals surface area contributed by atoms with Crippen LogP contribution in [-0.4, -0.2) is 47.8 Å². The lowest BCUT2D eigenvalue weighted by Gasteiger charge is -2.27. The van der Waals surface area contributed by atoms with E-state index in [1.807, 2.05) is 37.4 Å². The summed E-state index contributed by atoms with van der Waals surface area (Å²) in [5.74, 6) is 0.822. The third-order valence-corrected chi connectivity index (χ3v) is 5.05. The monoisotopic (exact) mass is 397 g/mol. The van der Waals surface area contributed by atoms with E-state index in [1.54, 1.807) is 0 Å². The Morgan fingerprint density at radius 1 is 1.14 bits per heavy atom. The number of nitrogens with one attached hydrogen (secondary N) is 1. The Morgan fingerprint density at radius 3 is 2.86 bits per heavy atom. The molecule has 2 aromatic heterocycles. The molecule has 0 radical (unpaired) electrons. The standard InChI is InChI=1S/C21H24ClN5O/c1-15-13-17(26-21(25-15)27-9-11-28-12-10-27)3-2-7-23-19-6-8-24-20-14-16(22)4-5-18(19)20/h4-6,8,13-14H,2-3,7,9-12H2,1H3,(H,23,24). The Labute approximate surface area is 169 Å². The van der Waals surface area contributed by atoms with E-state index in [1.165, 1.54) is 0 Å². The average molecular weight is 398 g/mol. The Kier molecular flexibility index (Phi) is 5.88. The number of ether oxygens (including phenoxy) is 1. The maximum Gasteiger partial charge on any atom is 0.225 e. The van der Waals surface area contributed by atoms with Crippen molar-refractivity contribution in [2.45, 2.75) is 19.8 Å². The highest BCUT2D eigenvalue weighted by atomic mass is 35.5. The van der Waals surface area contributed by atoms with E-state index >= 15 is 0 Å². The van der Waals surface area contributed by atoms with Gasteiger partial charge in [-0.1, -0.05) is 11.6 Å². The molecule has 4 rings (SSSR count). The van der Waals surface area contributed by atoms with Gasteiger partial charge in [0.2, 0.25) is 5.95 Å². The van der Waals surface area contributed by atoms with E-state index in [0.717, 1.165) is 79.6 Å². The van der Waals surface area contributed by atoms with Gasteiger partial charge in [0.05, 0.1) is 18.7 Å². The predicted octanol–water partition coefficient (Wildman–Crippen LogP) is 3.87. The van der Waals surface area contributed by atoms with Crippen molar-refractivity contribution in [3.63, 3.8) is 0 Å². The fourth-order valence-corrected chi connectivity index (χ4v) is 3.58. The van der Waals surface area contributed by atoms with Crippen LogP contribution in [-0.2, 0) is 11.2 Å². The molecule has 1 aliphatic heterocycles. The summed E-state index contributed by atoms with van der Waals surface area (Å²) in [5.41, 5.74) is 4.08. The van der Waals surface area contributed by atoms with Crippen LogP contribution in [0.5, 0.6) is 0 Å². The molecular formula is C21H24ClN5O. The molecular weight excluding hydrogens is 374 g/mol. The van der Waals surface area contributed by atoms with Gasteiger partial charge in [0.15, 0.2) is 0 Å². The Balaban J connectivity index is 1.37. The average Bonchev–Trinajstić information content (AvgIpc) is 2.71. The van der Waals surface area contributed by atoms with Crippen molar-refractivity contribution in [1.29, 1.82) is 0 Å². The highest BCUT2D eigenvalue weighted by molar-refractivity contribution is 6.31. The molecule has 6 nitrogen and oxygen atoms in total. The summed E-state index contributed by atoms with van der Waals surface area (Å²) in [4.78, 5) is 16.0. The van der Waals surface area contributed by atoms with Gasteiger partial charge in [0.1, 0.15) is 0 Å². The summed E-state index contributed by atoms with van der Waals surface area (Å²) in [6.45, 7) is 6.07. The maximum absolute atomic E-state index is 6.06. The zero-order valence-electron chi connectivity index (χ0n) is 16.0. The number of anilines is 2. The number of hydrogen-bond acceptors (Lipinski definition) is 6. The molecule has 0 saturated carbocycles. The van der Waals surface area contributed by atoms with E-state index in [9.17, 15) is 0 Å². The number of aromatic nitrogens is 3. The van der Waals surface area contributed by atoms with Gasteiger partial charge in [0.25, 0.3) is 0 Å². The largest absolute Gasteiger partial charge is 0.384 e. The Hall–Kier alpha value is -2.44. The summed E-state index contributed by atoms with van der Waals surface area (Å²) in [5, 5.41) is 5.30. The van der Waals surface area contributed by atoms with Crippen molar-refractivity contribution in [2.24, 2.45) is 0 Å². The van der Waals surface area contributed by atoms with Gasteiger partial charge in [-0.05, 0) is 50.1 Å². The number of nitrogens with zero attached hydrogens (tertiary/aromatic N) is 4. The molecule has 146 valence electrons. The summed E-state index contributed by atoms with van der Waals surface area (Å²) < 4.78 is 5.42. The van der Waals surface area contributed by atoms with Crippen molar-refractivity contribution in [2.75, 3.05) is 43.1 Å². The lowest BCUT2D eigenvalue weighted by atomic mass is 10.1. The van der Waals surface area contributed by atoms with Gasteiger partial charge in [-0.15, -0.1) is 0 Å². The quantitative estimate of drug-likeness (QED) is 0.637. The lowest BCUT2D eigenvalue weighted by molar-refractivity contribution is 0.122. The number of fused-ring (bicyclic) bond motifs is 1. The first-order chi connectivity index (χ1) is 13.7. The maximum atomic E-state index is 6.06. The molecule has 1 N–H and O–H groups in total. The second-order valence-corrected chi connectivity index (χ2v) is 7.39. The number of hydrogen-bond donors (Lipinski definition) is 1. The van der Waals surface area contributed by atoms with Crippen LogP contribution < -0.4 is 10.2 Å². The Morgan fingerprint density at radius 2 is 2.00 bits per heavy atom. The molecule has 1 fully saturated rings. The third kappa shape index (κ3) is 4.51. The Bertz CT molecular complexity index is 959. The molecule has 0 unspecified atom stereocenters. The number of rotatable bonds is 6. The fraction of sp³-hybridized carbons (Fsp3) is 0.381. The molecule has 1 saturated heterocycles. The summed E-state index contributed by atoms with van der Waals surface area (Å²) in [7, 11) is 0. The lowest BCUT2D eigenvalue weighted by Crippen LogP contribution is -2.37. The van der Waals surface area contributed by atoms with Crippen LogP contribution in [0.3, 0.4) is 0 Å². The molecule has 1 aliphatic rings. The molecule has 0 bridgehead atoms. The summed E-state index contributed by atoms with van der Waals surface area (Å²) >= 11 is 6.06. The van der Waals surface area contributed by atoms with Crippen molar-refractivity contribution in [1.82, 2.24) is 15.0 Å². The second-order valence-electron chi connectivity index (χ2n) is 6.95. The fourth-order valence-electron chi connectivity index (χ4n) is 3.42. The summed E-state index contributed by atoms with van der Waals surface area (Å²) in [6, 6.07) is 9.87. The first-order valence-corrected chi connectivity index (χ1v) is 10.0. The molecule has 0 spiro atoms. The number of pyridine rings is 1. The molecule has 1 aromatic carbocycles. The molecule has 3 heterocycles. The van der Waals surface area contributed by atoms with Crippen LogP contribution in [0, 0.1) is 6.92 Å². The number of morpholine rings is 1. The minimum atomic E-state index is 0.701. The molecule has 3 aromatic rings. The van der Waals surface area contributed by atoms with Crippen molar-refractivity contribution >= 4 is 34.1 Å². The highest BCUT2D eigenvalue weighted by Gasteiger charge is 2.14. The van der Waals surface area contributed by atoms with Gasteiger partial charge < -0.3 is 15.0 Å². The van der Waals surface area contributed by atoms with Gasteiger partial charge in [-0.3, -0.25) is 4.98 Å². The first-order valence-electron chi connectivity index (χ1n) is 9.64. The van der Waals surface area contributed by atoms with Crippen LogP contribution >= 0.6 is 11.6 Å². The molecule has 0 aliphatic carbocycles. The van der Waals surface area contributed by atoms with Gasteiger partial charge in [-0.2, -0.15) is 0 Å². The first kappa shape index (κ1) is 18.9. The van der Waals surface area contributed by atoms with Crippen LogP contribution in [0.25, 0.3) is 10.9 Å². The zero-order valence-corrected chi connectivity index (χ0v) is 16.7. The van der Waals surface area contributed by atoms with Gasteiger partial charge in [0, 0.05) is 53.3 Å². The minimum absolute atomic E-state index is 0.701. The van der Waals surface area contributed by atoms with Crippen LogP contribution in [0.1, 0.15) is 17.8 Å². The van der Waals surface area contributed by atoms with Gasteiger partial charge in [-0.25, -0.2) is 9.97 Å². The van der Waals surface area contributed by atoms with Crippen LogP contribution in [0.15, 0.2) is 36.5 Å². The second kappa shape index (κ2) is 8.71.